The van der Waals surface area contributed by atoms with E-state index in [2.05, 4.69) is 12.2 Å². The second kappa shape index (κ2) is 7.45. The minimum absolute atomic E-state index is 0.0464. The summed E-state index contributed by atoms with van der Waals surface area (Å²) in [6.07, 6.45) is 2.53. The summed E-state index contributed by atoms with van der Waals surface area (Å²) in [6, 6.07) is 10.9. The van der Waals surface area contributed by atoms with Crippen LogP contribution < -0.4 is 15.6 Å². The minimum Gasteiger partial charge on any atom is -0.488 e. The quantitative estimate of drug-likeness (QED) is 0.891. The molecule has 2 aromatic rings. The average Bonchev–Trinajstić information content (AvgIpc) is 2.52. The van der Waals surface area contributed by atoms with Gasteiger partial charge in [-0.1, -0.05) is 19.1 Å². The Morgan fingerprint density at radius 3 is 2.55 bits per heavy atom. The van der Waals surface area contributed by atoms with Crippen LogP contribution in [0.1, 0.15) is 19.4 Å². The Balaban J connectivity index is 2.05. The number of ether oxygens (including phenoxy) is 1. The number of carbonyl (C=O) groups excluding carboxylic acids is 1. The summed E-state index contributed by atoms with van der Waals surface area (Å²) in [7, 11) is 0. The molecule has 1 aromatic heterocycles. The number of hydrogen-bond acceptors (Lipinski definition) is 3. The molecule has 0 radical (unpaired) electrons. The highest BCUT2D eigenvalue weighted by molar-refractivity contribution is 5.90. The third kappa shape index (κ3) is 3.97. The second-order valence-corrected chi connectivity index (χ2v) is 4.84. The largest absolute Gasteiger partial charge is 0.488 e. The van der Waals surface area contributed by atoms with E-state index in [0.29, 0.717) is 6.61 Å². The Morgan fingerprint density at radius 1 is 1.18 bits per heavy atom. The lowest BCUT2D eigenvalue weighted by atomic mass is 10.1. The zero-order valence-corrected chi connectivity index (χ0v) is 12.8. The van der Waals surface area contributed by atoms with Crippen LogP contribution in [0.5, 0.6) is 5.75 Å². The summed E-state index contributed by atoms with van der Waals surface area (Å²) in [4.78, 5) is 24.1. The van der Waals surface area contributed by atoms with Crippen molar-refractivity contribution in [3.8, 4) is 5.75 Å². The molecule has 116 valence electrons. The summed E-state index contributed by atoms with van der Waals surface area (Å²) < 4.78 is 6.57. The van der Waals surface area contributed by atoms with E-state index in [9.17, 15) is 9.59 Å². The summed E-state index contributed by atoms with van der Waals surface area (Å²) in [5.41, 5.74) is 1.62. The van der Waals surface area contributed by atoms with Gasteiger partial charge in [0, 0.05) is 11.9 Å². The van der Waals surface area contributed by atoms with Crippen molar-refractivity contribution in [3.05, 3.63) is 58.5 Å². The zero-order chi connectivity index (χ0) is 15.9. The van der Waals surface area contributed by atoms with Gasteiger partial charge in [0.1, 0.15) is 6.54 Å². The monoisotopic (exact) mass is 300 g/mol. The van der Waals surface area contributed by atoms with Crippen molar-refractivity contribution in [2.75, 3.05) is 11.9 Å². The van der Waals surface area contributed by atoms with Gasteiger partial charge in [0.2, 0.25) is 5.91 Å². The van der Waals surface area contributed by atoms with Gasteiger partial charge >= 0.3 is 0 Å². The fraction of sp³-hybridized carbons (Fsp3) is 0.294. The van der Waals surface area contributed by atoms with Crippen LogP contribution in [-0.4, -0.2) is 17.1 Å². The smallest absolute Gasteiger partial charge is 0.293 e. The van der Waals surface area contributed by atoms with Crippen molar-refractivity contribution in [1.82, 2.24) is 4.57 Å². The van der Waals surface area contributed by atoms with Crippen LogP contribution in [0.2, 0.25) is 0 Å². The first-order valence-electron chi connectivity index (χ1n) is 7.35. The van der Waals surface area contributed by atoms with Crippen LogP contribution in [-0.2, 0) is 17.8 Å². The third-order valence-corrected chi connectivity index (χ3v) is 3.24. The highest BCUT2D eigenvalue weighted by atomic mass is 16.5. The second-order valence-electron chi connectivity index (χ2n) is 4.84. The van der Waals surface area contributed by atoms with E-state index in [0.717, 1.165) is 12.1 Å². The van der Waals surface area contributed by atoms with Crippen LogP contribution >= 0.6 is 0 Å². The molecule has 0 aliphatic carbocycles. The van der Waals surface area contributed by atoms with E-state index in [-0.39, 0.29) is 23.8 Å². The number of nitrogens with zero attached hydrogens (tertiary/aromatic N) is 1. The third-order valence-electron chi connectivity index (χ3n) is 3.24. The van der Waals surface area contributed by atoms with Crippen LogP contribution in [0.25, 0.3) is 0 Å². The van der Waals surface area contributed by atoms with Crippen LogP contribution in [0.4, 0.5) is 5.69 Å². The molecule has 1 amide bonds. The highest BCUT2D eigenvalue weighted by Gasteiger charge is 2.08. The molecule has 0 saturated carbocycles. The first-order chi connectivity index (χ1) is 10.6. The van der Waals surface area contributed by atoms with Crippen molar-refractivity contribution in [3.63, 3.8) is 0 Å². The number of aromatic nitrogens is 1. The molecule has 1 heterocycles. The lowest BCUT2D eigenvalue weighted by molar-refractivity contribution is -0.116. The summed E-state index contributed by atoms with van der Waals surface area (Å²) in [5, 5.41) is 2.78. The predicted octanol–water partition coefficient (Wildman–Crippen LogP) is 2.45. The van der Waals surface area contributed by atoms with Gasteiger partial charge in [-0.15, -0.1) is 0 Å². The average molecular weight is 300 g/mol. The van der Waals surface area contributed by atoms with Crippen molar-refractivity contribution in [1.29, 1.82) is 0 Å². The molecule has 0 atom stereocenters. The van der Waals surface area contributed by atoms with Crippen LogP contribution in [0.3, 0.4) is 0 Å². The topological polar surface area (TPSA) is 60.3 Å². The molecular formula is C17H20N2O3. The number of aryl methyl sites for hydroxylation is 1. The predicted molar refractivity (Wildman–Crippen MR) is 86.3 cm³/mol. The molecule has 1 N–H and O–H groups in total. The lowest BCUT2D eigenvalue weighted by Gasteiger charge is -2.09. The number of hydrogen-bond donors (Lipinski definition) is 1. The number of carbonyl (C=O) groups is 1. The number of pyridine rings is 1. The number of amides is 1. The maximum absolute atomic E-state index is 12.1. The molecule has 0 aliphatic heterocycles. The van der Waals surface area contributed by atoms with Crippen molar-refractivity contribution < 1.29 is 9.53 Å². The van der Waals surface area contributed by atoms with Crippen molar-refractivity contribution >= 4 is 11.6 Å². The maximum atomic E-state index is 12.1. The SMILES string of the molecule is CCOc1cccn(CC(=O)Nc2ccc(CC)cc2)c1=O. The lowest BCUT2D eigenvalue weighted by Crippen LogP contribution is -2.28. The Hall–Kier alpha value is -2.56. The Kier molecular flexibility index (Phi) is 5.36. The molecule has 0 aliphatic rings. The molecule has 5 nitrogen and oxygen atoms in total. The van der Waals surface area contributed by atoms with Gasteiger partial charge in [-0.25, -0.2) is 0 Å². The van der Waals surface area contributed by atoms with Gasteiger partial charge in [0.05, 0.1) is 6.61 Å². The van der Waals surface area contributed by atoms with E-state index in [1.54, 1.807) is 18.3 Å². The van der Waals surface area contributed by atoms with E-state index < -0.39 is 0 Å². The molecule has 1 aromatic carbocycles. The first kappa shape index (κ1) is 15.8. The molecule has 0 spiro atoms. The summed E-state index contributed by atoms with van der Waals surface area (Å²) in [6.45, 7) is 4.25. The van der Waals surface area contributed by atoms with Crippen molar-refractivity contribution in [2.45, 2.75) is 26.8 Å². The number of benzene rings is 1. The fourth-order valence-electron chi connectivity index (χ4n) is 2.08. The molecular weight excluding hydrogens is 280 g/mol. The van der Waals surface area contributed by atoms with Gasteiger partial charge in [0.25, 0.3) is 5.56 Å². The molecule has 0 saturated heterocycles. The van der Waals surface area contributed by atoms with Gasteiger partial charge in [-0.05, 0) is 43.2 Å². The van der Waals surface area contributed by atoms with Gasteiger partial charge in [-0.2, -0.15) is 0 Å². The summed E-state index contributed by atoms with van der Waals surface area (Å²) in [5.74, 6) is 0.00472. The normalized spacial score (nSPS) is 10.3. The van der Waals surface area contributed by atoms with E-state index in [4.69, 9.17) is 4.74 Å². The minimum atomic E-state index is -0.305. The van der Waals surface area contributed by atoms with Crippen LogP contribution in [0, 0.1) is 0 Å². The van der Waals surface area contributed by atoms with E-state index in [1.807, 2.05) is 31.2 Å². The van der Waals surface area contributed by atoms with Gasteiger partial charge in [0.15, 0.2) is 5.75 Å². The molecule has 0 bridgehead atoms. The molecule has 2 rings (SSSR count). The molecule has 0 unspecified atom stereocenters. The fourth-order valence-corrected chi connectivity index (χ4v) is 2.08. The number of rotatable bonds is 6. The zero-order valence-electron chi connectivity index (χ0n) is 12.8. The van der Waals surface area contributed by atoms with Gasteiger partial charge < -0.3 is 14.6 Å². The first-order valence-corrected chi connectivity index (χ1v) is 7.35. The molecule has 0 fully saturated rings. The van der Waals surface area contributed by atoms with Crippen molar-refractivity contribution in [2.24, 2.45) is 0 Å². The Labute approximate surface area is 129 Å². The standard InChI is InChI=1S/C17H20N2O3/c1-3-13-7-9-14(10-8-13)18-16(20)12-19-11-5-6-15(17(19)21)22-4-2/h5-11H,3-4,12H2,1-2H3,(H,18,20). The van der Waals surface area contributed by atoms with Gasteiger partial charge in [-0.3, -0.25) is 9.59 Å². The van der Waals surface area contributed by atoms with E-state index >= 15 is 0 Å². The number of anilines is 1. The van der Waals surface area contributed by atoms with Crippen LogP contribution in [0.15, 0.2) is 47.4 Å². The molecule has 5 heteroatoms. The maximum Gasteiger partial charge on any atom is 0.293 e. The Bertz CT molecular complexity index is 690. The summed E-state index contributed by atoms with van der Waals surface area (Å²) >= 11 is 0. The highest BCUT2D eigenvalue weighted by Crippen LogP contribution is 2.10. The molecule has 22 heavy (non-hydrogen) atoms. The number of nitrogens with one attached hydrogen (secondary N) is 1. The Morgan fingerprint density at radius 2 is 1.91 bits per heavy atom. The van der Waals surface area contributed by atoms with E-state index in [1.165, 1.54) is 10.1 Å².